The molecule has 1 aliphatic rings. The van der Waals surface area contributed by atoms with E-state index < -0.39 is 0 Å². The van der Waals surface area contributed by atoms with Crippen LogP contribution >= 0.6 is 23.2 Å². The molecular weight excluding hydrogens is 388 g/mol. The Labute approximate surface area is 165 Å². The summed E-state index contributed by atoms with van der Waals surface area (Å²) < 4.78 is 15.0. The number of amides is 1. The summed E-state index contributed by atoms with van der Waals surface area (Å²) in [6.07, 6.45) is 3.53. The highest BCUT2D eigenvalue weighted by atomic mass is 35.5. The number of carbonyl (C=O) groups excluding carboxylic acids is 1. The first-order valence-corrected chi connectivity index (χ1v) is 9.30. The number of rotatable bonds is 4. The maximum absolute atomic E-state index is 13.3. The lowest BCUT2D eigenvalue weighted by Crippen LogP contribution is -2.15. The first kappa shape index (κ1) is 18.0. The Bertz CT molecular complexity index is 1040. The van der Waals surface area contributed by atoms with E-state index in [9.17, 15) is 9.18 Å². The Morgan fingerprint density at radius 2 is 2.00 bits per heavy atom. The first-order chi connectivity index (χ1) is 12.9. The zero-order valence-corrected chi connectivity index (χ0v) is 16.0. The van der Waals surface area contributed by atoms with Crippen LogP contribution in [0.5, 0.6) is 0 Å². The number of halogens is 3. The lowest BCUT2D eigenvalue weighted by molar-refractivity contribution is 0.102. The second-order valence-electron chi connectivity index (χ2n) is 6.64. The second-order valence-corrected chi connectivity index (χ2v) is 7.48. The molecule has 0 saturated heterocycles. The van der Waals surface area contributed by atoms with Gasteiger partial charge in [-0.3, -0.25) is 4.79 Å². The van der Waals surface area contributed by atoms with Gasteiger partial charge in [0.2, 0.25) is 0 Å². The molecule has 2 aromatic carbocycles. The number of carbonyl (C=O) groups is 1. The third-order valence-corrected chi connectivity index (χ3v) is 5.13. The maximum atomic E-state index is 13.3. The highest BCUT2D eigenvalue weighted by Gasteiger charge is 2.33. The van der Waals surface area contributed by atoms with Crippen molar-refractivity contribution < 1.29 is 9.18 Å². The Balaban J connectivity index is 1.71. The van der Waals surface area contributed by atoms with Gasteiger partial charge >= 0.3 is 0 Å². The summed E-state index contributed by atoms with van der Waals surface area (Å²) in [5.74, 6) is -0.355. The molecule has 1 heterocycles. The van der Waals surface area contributed by atoms with E-state index in [1.54, 1.807) is 42.1 Å². The number of anilines is 1. The molecule has 0 atom stereocenters. The average molecular weight is 404 g/mol. The number of hydrogen-bond acceptors (Lipinski definition) is 2. The predicted octanol–water partition coefficient (Wildman–Crippen LogP) is 5.76. The van der Waals surface area contributed by atoms with Crippen molar-refractivity contribution in [2.45, 2.75) is 25.7 Å². The van der Waals surface area contributed by atoms with Crippen LogP contribution in [0.3, 0.4) is 0 Å². The van der Waals surface area contributed by atoms with Gasteiger partial charge < -0.3 is 5.32 Å². The fourth-order valence-electron chi connectivity index (χ4n) is 3.08. The fraction of sp³-hybridized carbons (Fsp3) is 0.200. The number of hydrogen-bond donors (Lipinski definition) is 1. The number of nitrogens with zero attached hydrogens (tertiary/aromatic N) is 2. The van der Waals surface area contributed by atoms with Gasteiger partial charge in [-0.15, -0.1) is 0 Å². The van der Waals surface area contributed by atoms with E-state index in [0.29, 0.717) is 32.5 Å². The minimum Gasteiger partial charge on any atom is -0.322 e. The summed E-state index contributed by atoms with van der Waals surface area (Å²) in [5, 5.41) is 8.26. The van der Waals surface area contributed by atoms with Gasteiger partial charge in [0.1, 0.15) is 5.82 Å². The SMILES string of the molecule is Cc1cc(F)ccc1NC(=O)c1cnn(-c2ccc(Cl)cc2Cl)c1C1CC1. The highest BCUT2D eigenvalue weighted by molar-refractivity contribution is 6.35. The van der Waals surface area contributed by atoms with Gasteiger partial charge in [0.15, 0.2) is 0 Å². The number of aromatic nitrogens is 2. The van der Waals surface area contributed by atoms with Gasteiger partial charge in [-0.25, -0.2) is 9.07 Å². The van der Waals surface area contributed by atoms with Crippen molar-refractivity contribution in [2.75, 3.05) is 5.32 Å². The molecule has 1 saturated carbocycles. The minimum atomic E-state index is -0.339. The fourth-order valence-corrected chi connectivity index (χ4v) is 3.57. The van der Waals surface area contributed by atoms with Gasteiger partial charge in [-0.1, -0.05) is 23.2 Å². The van der Waals surface area contributed by atoms with Crippen LogP contribution in [0, 0.1) is 12.7 Å². The van der Waals surface area contributed by atoms with E-state index >= 15 is 0 Å². The molecular formula is C20H16Cl2FN3O. The standard InChI is InChI=1S/C20H16Cl2FN3O/c1-11-8-14(23)5-6-17(11)25-20(27)15-10-24-26(19(15)12-2-3-12)18-7-4-13(21)9-16(18)22/h4-10,12H,2-3H2,1H3,(H,25,27). The molecule has 4 rings (SSSR count). The van der Waals surface area contributed by atoms with Crippen molar-refractivity contribution in [3.63, 3.8) is 0 Å². The monoisotopic (exact) mass is 403 g/mol. The van der Waals surface area contributed by atoms with Crippen molar-refractivity contribution in [1.82, 2.24) is 9.78 Å². The van der Waals surface area contributed by atoms with E-state index in [2.05, 4.69) is 10.4 Å². The van der Waals surface area contributed by atoms with Crippen LogP contribution < -0.4 is 5.32 Å². The van der Waals surface area contributed by atoms with E-state index in [1.165, 1.54) is 12.1 Å². The first-order valence-electron chi connectivity index (χ1n) is 8.55. The van der Waals surface area contributed by atoms with Crippen LogP contribution in [-0.2, 0) is 0 Å². The third kappa shape index (κ3) is 3.57. The maximum Gasteiger partial charge on any atom is 0.259 e. The minimum absolute atomic E-state index is 0.259. The molecule has 1 amide bonds. The van der Waals surface area contributed by atoms with E-state index in [-0.39, 0.29) is 17.6 Å². The van der Waals surface area contributed by atoms with Gasteiger partial charge in [-0.05, 0) is 61.7 Å². The second kappa shape index (κ2) is 6.98. The quantitative estimate of drug-likeness (QED) is 0.601. The Morgan fingerprint density at radius 3 is 2.67 bits per heavy atom. The van der Waals surface area contributed by atoms with Crippen LogP contribution in [0.15, 0.2) is 42.6 Å². The molecule has 3 aromatic rings. The zero-order valence-electron chi connectivity index (χ0n) is 14.5. The summed E-state index contributed by atoms with van der Waals surface area (Å²) >= 11 is 12.3. The molecule has 0 unspecified atom stereocenters. The van der Waals surface area contributed by atoms with Crippen molar-refractivity contribution in [3.8, 4) is 5.69 Å². The van der Waals surface area contributed by atoms with Crippen molar-refractivity contribution in [2.24, 2.45) is 0 Å². The summed E-state index contributed by atoms with van der Waals surface area (Å²) in [5.41, 5.74) is 3.23. The van der Waals surface area contributed by atoms with E-state index in [0.717, 1.165) is 18.5 Å². The lowest BCUT2D eigenvalue weighted by atomic mass is 10.1. The number of aryl methyl sites for hydroxylation is 1. The molecule has 1 N–H and O–H groups in total. The van der Waals surface area contributed by atoms with Crippen LogP contribution in [0.1, 0.15) is 40.4 Å². The van der Waals surface area contributed by atoms with Gasteiger partial charge in [0.25, 0.3) is 5.91 Å². The van der Waals surface area contributed by atoms with Gasteiger partial charge in [-0.2, -0.15) is 5.10 Å². The summed E-state index contributed by atoms with van der Waals surface area (Å²) in [4.78, 5) is 12.9. The zero-order chi connectivity index (χ0) is 19.1. The molecule has 0 aliphatic heterocycles. The predicted molar refractivity (Wildman–Crippen MR) is 105 cm³/mol. The van der Waals surface area contributed by atoms with Crippen molar-refractivity contribution >= 4 is 34.8 Å². The van der Waals surface area contributed by atoms with E-state index in [4.69, 9.17) is 23.2 Å². The molecule has 1 aromatic heterocycles. The van der Waals surface area contributed by atoms with Crippen molar-refractivity contribution in [1.29, 1.82) is 0 Å². The van der Waals surface area contributed by atoms with Gasteiger partial charge in [0, 0.05) is 16.6 Å². The Kier molecular flexibility index (Phi) is 4.66. The molecule has 7 heteroatoms. The summed E-state index contributed by atoms with van der Waals surface area (Å²) in [7, 11) is 0. The van der Waals surface area contributed by atoms with Crippen LogP contribution in [0.2, 0.25) is 10.0 Å². The van der Waals surface area contributed by atoms with Crippen molar-refractivity contribution in [3.05, 3.63) is 75.3 Å². The van der Waals surface area contributed by atoms with E-state index in [1.807, 2.05) is 0 Å². The third-order valence-electron chi connectivity index (χ3n) is 4.59. The van der Waals surface area contributed by atoms with Crippen LogP contribution in [0.25, 0.3) is 5.69 Å². The number of nitrogens with one attached hydrogen (secondary N) is 1. The smallest absolute Gasteiger partial charge is 0.259 e. The van der Waals surface area contributed by atoms with Gasteiger partial charge in [0.05, 0.1) is 28.2 Å². The molecule has 1 fully saturated rings. The Morgan fingerprint density at radius 1 is 1.22 bits per heavy atom. The molecule has 1 aliphatic carbocycles. The largest absolute Gasteiger partial charge is 0.322 e. The summed E-state index contributed by atoms with van der Waals surface area (Å²) in [6, 6.07) is 9.44. The summed E-state index contributed by atoms with van der Waals surface area (Å²) in [6.45, 7) is 1.75. The van der Waals surface area contributed by atoms with Crippen LogP contribution in [0.4, 0.5) is 10.1 Å². The number of benzene rings is 2. The highest BCUT2D eigenvalue weighted by Crippen LogP contribution is 2.43. The Hall–Kier alpha value is -2.37. The molecule has 4 nitrogen and oxygen atoms in total. The normalized spacial score (nSPS) is 13.6. The average Bonchev–Trinajstić information content (AvgIpc) is 3.36. The molecule has 0 bridgehead atoms. The topological polar surface area (TPSA) is 46.9 Å². The van der Waals surface area contributed by atoms with Crippen LogP contribution in [-0.4, -0.2) is 15.7 Å². The lowest BCUT2D eigenvalue weighted by Gasteiger charge is -2.12. The molecule has 138 valence electrons. The molecule has 0 radical (unpaired) electrons. The molecule has 0 spiro atoms. The molecule has 27 heavy (non-hydrogen) atoms.